The van der Waals surface area contributed by atoms with E-state index >= 15 is 0 Å². The van der Waals surface area contributed by atoms with E-state index in [1.165, 1.54) is 16.7 Å². The van der Waals surface area contributed by atoms with Gasteiger partial charge in [-0.2, -0.15) is 0 Å². The van der Waals surface area contributed by atoms with E-state index in [-0.39, 0.29) is 5.54 Å². The number of rotatable bonds is 3. The molecule has 1 aliphatic heterocycles. The first-order valence-electron chi connectivity index (χ1n) is 7.25. The average Bonchev–Trinajstić information content (AvgIpc) is 2.55. The van der Waals surface area contributed by atoms with Gasteiger partial charge in [-0.3, -0.25) is 0 Å². The summed E-state index contributed by atoms with van der Waals surface area (Å²) < 4.78 is 10.9. The Morgan fingerprint density at radius 1 is 1.00 bits per heavy atom. The third-order valence-corrected chi connectivity index (χ3v) is 4.37. The van der Waals surface area contributed by atoms with Gasteiger partial charge >= 0.3 is 0 Å². The van der Waals surface area contributed by atoms with E-state index in [1.54, 1.807) is 14.2 Å². The van der Waals surface area contributed by atoms with Crippen LogP contribution >= 0.6 is 0 Å². The molecule has 1 heterocycles. The molecule has 0 saturated heterocycles. The predicted octanol–water partition coefficient (Wildman–Crippen LogP) is 3.11. The second-order valence-electron chi connectivity index (χ2n) is 5.53. The van der Waals surface area contributed by atoms with Crippen molar-refractivity contribution in [3.63, 3.8) is 0 Å². The minimum atomic E-state index is -0.200. The van der Waals surface area contributed by atoms with E-state index in [0.717, 1.165) is 24.5 Å². The minimum Gasteiger partial charge on any atom is -0.493 e. The quantitative estimate of drug-likeness (QED) is 0.939. The molecule has 1 unspecified atom stereocenters. The van der Waals surface area contributed by atoms with E-state index in [0.29, 0.717) is 0 Å². The number of nitrogens with one attached hydrogen (secondary N) is 1. The molecule has 2 aromatic rings. The molecule has 0 amide bonds. The molecule has 110 valence electrons. The highest BCUT2D eigenvalue weighted by molar-refractivity contribution is 5.53. The molecule has 1 aliphatic rings. The van der Waals surface area contributed by atoms with Gasteiger partial charge in [0, 0.05) is 6.54 Å². The van der Waals surface area contributed by atoms with E-state index in [4.69, 9.17) is 9.47 Å². The lowest BCUT2D eigenvalue weighted by molar-refractivity contribution is 0.348. The summed E-state index contributed by atoms with van der Waals surface area (Å²) in [6.45, 7) is 3.18. The van der Waals surface area contributed by atoms with Gasteiger partial charge in [0.05, 0.1) is 19.8 Å². The molecule has 21 heavy (non-hydrogen) atoms. The Balaban J connectivity index is 2.17. The Labute approximate surface area is 125 Å². The van der Waals surface area contributed by atoms with Crippen molar-refractivity contribution >= 4 is 0 Å². The Morgan fingerprint density at radius 2 is 1.67 bits per heavy atom. The van der Waals surface area contributed by atoms with Crippen LogP contribution in [-0.2, 0) is 12.0 Å². The monoisotopic (exact) mass is 283 g/mol. The standard InChI is InChI=1S/C18H21NO2/c1-18(14-7-5-4-6-8-14)15-12-17(21-3)16(20-2)11-13(15)9-10-19-18/h4-8,11-12,19H,9-10H2,1-3H3. The van der Waals surface area contributed by atoms with Crippen LogP contribution in [0.25, 0.3) is 0 Å². The smallest absolute Gasteiger partial charge is 0.161 e. The summed E-state index contributed by atoms with van der Waals surface area (Å²) in [5.74, 6) is 1.58. The lowest BCUT2D eigenvalue weighted by atomic mass is 9.78. The maximum Gasteiger partial charge on any atom is 0.161 e. The van der Waals surface area contributed by atoms with E-state index < -0.39 is 0 Å². The van der Waals surface area contributed by atoms with Crippen LogP contribution in [0, 0.1) is 0 Å². The second kappa shape index (κ2) is 5.41. The molecule has 0 fully saturated rings. The first kappa shape index (κ1) is 14.0. The Hall–Kier alpha value is -2.00. The molecular formula is C18H21NO2. The molecular weight excluding hydrogens is 262 g/mol. The van der Waals surface area contributed by atoms with Crippen molar-refractivity contribution in [2.75, 3.05) is 20.8 Å². The van der Waals surface area contributed by atoms with Crippen LogP contribution in [0.2, 0.25) is 0 Å². The summed E-state index contributed by atoms with van der Waals surface area (Å²) in [7, 11) is 3.36. The second-order valence-corrected chi connectivity index (χ2v) is 5.53. The zero-order valence-corrected chi connectivity index (χ0v) is 12.8. The molecule has 0 radical (unpaired) electrons. The summed E-state index contributed by atoms with van der Waals surface area (Å²) in [6, 6.07) is 14.8. The topological polar surface area (TPSA) is 30.5 Å². The van der Waals surface area contributed by atoms with Gasteiger partial charge in [0.1, 0.15) is 0 Å². The van der Waals surface area contributed by atoms with Crippen molar-refractivity contribution in [3.05, 3.63) is 59.2 Å². The van der Waals surface area contributed by atoms with Crippen molar-refractivity contribution in [1.29, 1.82) is 0 Å². The fourth-order valence-corrected chi connectivity index (χ4v) is 3.16. The van der Waals surface area contributed by atoms with Crippen LogP contribution in [0.5, 0.6) is 11.5 Å². The highest BCUT2D eigenvalue weighted by Crippen LogP contribution is 2.40. The van der Waals surface area contributed by atoms with Gasteiger partial charge in [-0.05, 0) is 42.2 Å². The van der Waals surface area contributed by atoms with Gasteiger partial charge in [-0.25, -0.2) is 0 Å². The summed E-state index contributed by atoms with van der Waals surface area (Å²) >= 11 is 0. The van der Waals surface area contributed by atoms with E-state index in [1.807, 2.05) is 6.07 Å². The third kappa shape index (κ3) is 2.28. The van der Waals surface area contributed by atoms with Crippen molar-refractivity contribution in [3.8, 4) is 11.5 Å². The highest BCUT2D eigenvalue weighted by atomic mass is 16.5. The van der Waals surface area contributed by atoms with Gasteiger partial charge < -0.3 is 14.8 Å². The summed E-state index contributed by atoms with van der Waals surface area (Å²) in [6.07, 6.45) is 0.998. The third-order valence-electron chi connectivity index (χ3n) is 4.37. The number of ether oxygens (including phenoxy) is 2. The number of hydrogen-bond acceptors (Lipinski definition) is 3. The Kier molecular flexibility index (Phi) is 3.60. The lowest BCUT2D eigenvalue weighted by Gasteiger charge is -2.38. The fourth-order valence-electron chi connectivity index (χ4n) is 3.16. The molecule has 0 aromatic heterocycles. The van der Waals surface area contributed by atoms with Crippen molar-refractivity contribution in [1.82, 2.24) is 5.32 Å². The Bertz CT molecular complexity index is 639. The lowest BCUT2D eigenvalue weighted by Crippen LogP contribution is -2.45. The van der Waals surface area contributed by atoms with Gasteiger partial charge in [-0.15, -0.1) is 0 Å². The zero-order valence-electron chi connectivity index (χ0n) is 12.8. The van der Waals surface area contributed by atoms with E-state index in [2.05, 4.69) is 48.6 Å². The molecule has 1 N–H and O–H groups in total. The van der Waals surface area contributed by atoms with Crippen LogP contribution in [0.3, 0.4) is 0 Å². The molecule has 2 aromatic carbocycles. The maximum absolute atomic E-state index is 5.48. The SMILES string of the molecule is COc1cc2c(cc1OC)C(C)(c1ccccc1)NCC2. The largest absolute Gasteiger partial charge is 0.493 e. The number of hydrogen-bond donors (Lipinski definition) is 1. The molecule has 3 heteroatoms. The number of benzene rings is 2. The zero-order chi connectivity index (χ0) is 14.9. The molecule has 3 nitrogen and oxygen atoms in total. The average molecular weight is 283 g/mol. The van der Waals surface area contributed by atoms with Gasteiger partial charge in [0.2, 0.25) is 0 Å². The molecule has 0 spiro atoms. The fraction of sp³-hybridized carbons (Fsp3) is 0.333. The number of methoxy groups -OCH3 is 2. The number of fused-ring (bicyclic) bond motifs is 1. The normalized spacial score (nSPS) is 20.7. The summed E-state index contributed by atoms with van der Waals surface area (Å²) in [4.78, 5) is 0. The van der Waals surface area contributed by atoms with Crippen molar-refractivity contribution < 1.29 is 9.47 Å². The molecule has 0 saturated carbocycles. The predicted molar refractivity (Wildman–Crippen MR) is 84.1 cm³/mol. The maximum atomic E-state index is 5.48. The van der Waals surface area contributed by atoms with Crippen molar-refractivity contribution in [2.45, 2.75) is 18.9 Å². The van der Waals surface area contributed by atoms with Crippen molar-refractivity contribution in [2.24, 2.45) is 0 Å². The molecule has 3 rings (SSSR count). The van der Waals surface area contributed by atoms with Crippen LogP contribution < -0.4 is 14.8 Å². The molecule has 0 aliphatic carbocycles. The molecule has 0 bridgehead atoms. The summed E-state index contributed by atoms with van der Waals surface area (Å²) in [5.41, 5.74) is 3.64. The van der Waals surface area contributed by atoms with Crippen LogP contribution in [0.15, 0.2) is 42.5 Å². The van der Waals surface area contributed by atoms with E-state index in [9.17, 15) is 0 Å². The first-order chi connectivity index (χ1) is 10.2. The Morgan fingerprint density at radius 3 is 2.33 bits per heavy atom. The highest BCUT2D eigenvalue weighted by Gasteiger charge is 2.34. The van der Waals surface area contributed by atoms with Crippen LogP contribution in [-0.4, -0.2) is 20.8 Å². The van der Waals surface area contributed by atoms with Gasteiger partial charge in [0.25, 0.3) is 0 Å². The van der Waals surface area contributed by atoms with Crippen LogP contribution in [0.4, 0.5) is 0 Å². The first-order valence-corrected chi connectivity index (χ1v) is 7.25. The van der Waals surface area contributed by atoms with Crippen LogP contribution in [0.1, 0.15) is 23.6 Å². The minimum absolute atomic E-state index is 0.200. The van der Waals surface area contributed by atoms with Gasteiger partial charge in [0.15, 0.2) is 11.5 Å². The summed E-state index contributed by atoms with van der Waals surface area (Å²) in [5, 5.41) is 3.66. The molecule has 1 atom stereocenters. The van der Waals surface area contributed by atoms with Gasteiger partial charge in [-0.1, -0.05) is 30.3 Å².